The van der Waals surface area contributed by atoms with Crippen molar-refractivity contribution >= 4 is 34.7 Å². The van der Waals surface area contributed by atoms with Crippen molar-refractivity contribution in [3.63, 3.8) is 0 Å². The van der Waals surface area contributed by atoms with E-state index in [9.17, 15) is 9.90 Å². The molecule has 4 heterocycles. The van der Waals surface area contributed by atoms with E-state index in [4.69, 9.17) is 21.7 Å². The number of anilines is 2. The quantitative estimate of drug-likeness (QED) is 0.607. The third-order valence-corrected chi connectivity index (χ3v) is 6.92. The molecule has 2 atom stereocenters. The standard InChI is InChI=1S/C24H29ClN6O2/c1-15-11-22(29-10-8-17(32)14-29)27-23-13-20(28-31(15)23)21-5-3-4-9-30(21)24(33)18-12-16(25)6-7-19(18)26-2/h6-7,11-13,17,21,26,32H,3-5,8-10,14H2,1-2H3/t17-,21+/m1/s1. The van der Waals surface area contributed by atoms with Gasteiger partial charge in [-0.3, -0.25) is 4.79 Å². The van der Waals surface area contributed by atoms with Crippen molar-refractivity contribution in [1.82, 2.24) is 19.5 Å². The number of halogens is 1. The number of nitrogens with zero attached hydrogens (tertiary/aromatic N) is 5. The molecule has 9 heteroatoms. The van der Waals surface area contributed by atoms with Crippen molar-refractivity contribution in [3.8, 4) is 0 Å². The van der Waals surface area contributed by atoms with Gasteiger partial charge in [0.05, 0.1) is 23.4 Å². The highest BCUT2D eigenvalue weighted by atomic mass is 35.5. The molecule has 2 fully saturated rings. The van der Waals surface area contributed by atoms with E-state index in [0.29, 0.717) is 23.7 Å². The first kappa shape index (κ1) is 22.0. The first-order chi connectivity index (χ1) is 15.9. The highest BCUT2D eigenvalue weighted by Gasteiger charge is 2.32. The van der Waals surface area contributed by atoms with E-state index in [0.717, 1.165) is 60.8 Å². The lowest BCUT2D eigenvalue weighted by molar-refractivity contribution is 0.0606. The molecule has 2 aromatic heterocycles. The summed E-state index contributed by atoms with van der Waals surface area (Å²) in [4.78, 5) is 22.5. The molecule has 0 bridgehead atoms. The zero-order valence-corrected chi connectivity index (χ0v) is 19.7. The van der Waals surface area contributed by atoms with E-state index >= 15 is 0 Å². The summed E-state index contributed by atoms with van der Waals surface area (Å²) in [5, 5.41) is 18.4. The van der Waals surface area contributed by atoms with Crippen LogP contribution in [0.5, 0.6) is 0 Å². The van der Waals surface area contributed by atoms with Crippen molar-refractivity contribution in [2.45, 2.75) is 44.8 Å². The Kier molecular flexibility index (Phi) is 5.88. The fourth-order valence-electron chi connectivity index (χ4n) is 4.95. The predicted octanol–water partition coefficient (Wildman–Crippen LogP) is 3.67. The minimum atomic E-state index is -0.306. The van der Waals surface area contributed by atoms with Gasteiger partial charge in [0.15, 0.2) is 5.65 Å². The van der Waals surface area contributed by atoms with Crippen LogP contribution in [0.25, 0.3) is 5.65 Å². The smallest absolute Gasteiger partial charge is 0.256 e. The van der Waals surface area contributed by atoms with Crippen molar-refractivity contribution in [1.29, 1.82) is 0 Å². The van der Waals surface area contributed by atoms with Crippen LogP contribution in [-0.2, 0) is 0 Å². The van der Waals surface area contributed by atoms with E-state index in [1.807, 2.05) is 34.5 Å². The average Bonchev–Trinajstić information content (AvgIpc) is 3.45. The number of piperidine rings is 1. The number of aromatic nitrogens is 3. The Balaban J connectivity index is 1.49. The normalized spacial score (nSPS) is 21.1. The molecule has 2 aliphatic rings. The molecule has 2 saturated heterocycles. The van der Waals surface area contributed by atoms with Crippen LogP contribution < -0.4 is 10.2 Å². The predicted molar refractivity (Wildman–Crippen MR) is 129 cm³/mol. The van der Waals surface area contributed by atoms with E-state index in [-0.39, 0.29) is 18.1 Å². The third kappa shape index (κ3) is 4.13. The van der Waals surface area contributed by atoms with Crippen LogP contribution in [0.3, 0.4) is 0 Å². The zero-order chi connectivity index (χ0) is 23.1. The fourth-order valence-corrected chi connectivity index (χ4v) is 5.12. The summed E-state index contributed by atoms with van der Waals surface area (Å²) < 4.78 is 1.85. The molecule has 2 aliphatic heterocycles. The number of carbonyl (C=O) groups excluding carboxylic acids is 1. The summed E-state index contributed by atoms with van der Waals surface area (Å²) in [7, 11) is 1.81. The molecular weight excluding hydrogens is 440 g/mol. The number of benzene rings is 1. The molecule has 1 amide bonds. The van der Waals surface area contributed by atoms with Gasteiger partial charge in [0.25, 0.3) is 5.91 Å². The van der Waals surface area contributed by atoms with Crippen LogP contribution in [-0.4, -0.2) is 63.3 Å². The summed E-state index contributed by atoms with van der Waals surface area (Å²) in [5.74, 6) is 0.817. The number of aryl methyl sites for hydroxylation is 1. The Bertz CT molecular complexity index is 1200. The van der Waals surface area contributed by atoms with E-state index < -0.39 is 0 Å². The lowest BCUT2D eigenvalue weighted by Gasteiger charge is -2.35. The molecule has 2 N–H and O–H groups in total. The van der Waals surface area contributed by atoms with E-state index in [1.165, 1.54) is 0 Å². The molecule has 0 radical (unpaired) electrons. The summed E-state index contributed by atoms with van der Waals surface area (Å²) in [6.07, 6.45) is 3.31. The minimum absolute atomic E-state index is 0.0416. The Morgan fingerprint density at radius 2 is 2.03 bits per heavy atom. The third-order valence-electron chi connectivity index (χ3n) is 6.68. The molecular formula is C24H29ClN6O2. The first-order valence-electron chi connectivity index (χ1n) is 11.5. The number of aliphatic hydroxyl groups is 1. The second kappa shape index (κ2) is 8.83. The molecule has 5 rings (SSSR count). The largest absolute Gasteiger partial charge is 0.391 e. The van der Waals surface area contributed by atoms with Gasteiger partial charge in [0, 0.05) is 55.2 Å². The van der Waals surface area contributed by atoms with Crippen LogP contribution in [0.4, 0.5) is 11.5 Å². The lowest BCUT2D eigenvalue weighted by Crippen LogP contribution is -2.39. The number of nitrogens with one attached hydrogen (secondary N) is 1. The zero-order valence-electron chi connectivity index (χ0n) is 19.0. The summed E-state index contributed by atoms with van der Waals surface area (Å²) >= 11 is 6.22. The topological polar surface area (TPSA) is 86.0 Å². The number of hydrogen-bond acceptors (Lipinski definition) is 6. The monoisotopic (exact) mass is 468 g/mol. The Morgan fingerprint density at radius 3 is 2.79 bits per heavy atom. The average molecular weight is 469 g/mol. The van der Waals surface area contributed by atoms with Crippen LogP contribution in [0.1, 0.15) is 53.5 Å². The molecule has 0 spiro atoms. The Hall–Kier alpha value is -2.84. The second-order valence-electron chi connectivity index (χ2n) is 8.93. The number of carbonyl (C=O) groups is 1. The molecule has 8 nitrogen and oxygen atoms in total. The van der Waals surface area contributed by atoms with Gasteiger partial charge in [0.1, 0.15) is 5.82 Å². The first-order valence-corrected chi connectivity index (χ1v) is 11.9. The van der Waals surface area contributed by atoms with Gasteiger partial charge in [-0.1, -0.05) is 11.6 Å². The number of likely N-dealkylation sites (tertiary alicyclic amines) is 1. The summed E-state index contributed by atoms with van der Waals surface area (Å²) in [5.41, 5.74) is 3.93. The van der Waals surface area contributed by atoms with Gasteiger partial charge in [-0.15, -0.1) is 0 Å². The number of amides is 1. The SMILES string of the molecule is CNc1ccc(Cl)cc1C(=O)N1CCCC[C@H]1c1cc2nc(N3CC[C@@H](O)C3)cc(C)n2n1. The van der Waals surface area contributed by atoms with Crippen molar-refractivity contribution in [2.24, 2.45) is 0 Å². The van der Waals surface area contributed by atoms with Gasteiger partial charge in [-0.25, -0.2) is 9.50 Å². The Labute approximate surface area is 198 Å². The van der Waals surface area contributed by atoms with Crippen molar-refractivity contribution in [2.75, 3.05) is 36.9 Å². The molecule has 0 aliphatic carbocycles. The van der Waals surface area contributed by atoms with Crippen LogP contribution in [0.2, 0.25) is 5.02 Å². The maximum atomic E-state index is 13.6. The molecule has 174 valence electrons. The number of aliphatic hydroxyl groups excluding tert-OH is 1. The van der Waals surface area contributed by atoms with Crippen molar-refractivity contribution < 1.29 is 9.90 Å². The van der Waals surface area contributed by atoms with E-state index in [2.05, 4.69) is 10.2 Å². The number of hydrogen-bond donors (Lipinski definition) is 2. The molecule has 0 saturated carbocycles. The van der Waals surface area contributed by atoms with Crippen LogP contribution >= 0.6 is 11.6 Å². The number of rotatable bonds is 4. The molecule has 3 aromatic rings. The summed E-state index contributed by atoms with van der Waals surface area (Å²) in [6.45, 7) is 4.08. The molecule has 33 heavy (non-hydrogen) atoms. The minimum Gasteiger partial charge on any atom is -0.391 e. The Morgan fingerprint density at radius 1 is 1.18 bits per heavy atom. The second-order valence-corrected chi connectivity index (χ2v) is 9.37. The van der Waals surface area contributed by atoms with Crippen molar-refractivity contribution in [3.05, 3.63) is 52.3 Å². The lowest BCUT2D eigenvalue weighted by atomic mass is 9.98. The van der Waals surface area contributed by atoms with Crippen LogP contribution in [0.15, 0.2) is 30.3 Å². The number of β-amino-alcohol motifs (C(OH)–C–C–N with tert-alkyl or cyclic N) is 1. The maximum Gasteiger partial charge on any atom is 0.256 e. The van der Waals surface area contributed by atoms with Gasteiger partial charge in [0.2, 0.25) is 0 Å². The van der Waals surface area contributed by atoms with Gasteiger partial charge >= 0.3 is 0 Å². The summed E-state index contributed by atoms with van der Waals surface area (Å²) in [6, 6.07) is 9.24. The maximum absolute atomic E-state index is 13.6. The van der Waals surface area contributed by atoms with E-state index in [1.54, 1.807) is 19.2 Å². The van der Waals surface area contributed by atoms with Gasteiger partial charge in [-0.05, 0) is 50.8 Å². The molecule has 0 unspecified atom stereocenters. The van der Waals surface area contributed by atoms with Gasteiger partial charge < -0.3 is 20.2 Å². The van der Waals surface area contributed by atoms with Gasteiger partial charge in [-0.2, -0.15) is 5.10 Å². The highest BCUT2D eigenvalue weighted by Crippen LogP contribution is 2.34. The van der Waals surface area contributed by atoms with Crippen LogP contribution in [0, 0.1) is 6.92 Å². The molecule has 1 aromatic carbocycles. The number of fused-ring (bicyclic) bond motifs is 1. The highest BCUT2D eigenvalue weighted by molar-refractivity contribution is 6.31. The fraction of sp³-hybridized carbons (Fsp3) is 0.458.